The summed E-state index contributed by atoms with van der Waals surface area (Å²) in [6, 6.07) is 8.25. The summed E-state index contributed by atoms with van der Waals surface area (Å²) in [5.74, 6) is -3.98. The minimum absolute atomic E-state index is 0.111. The monoisotopic (exact) mass is 441 g/mol. The van der Waals surface area contributed by atoms with Crippen molar-refractivity contribution < 1.29 is 33.1 Å². The Balaban J connectivity index is 2.20. The van der Waals surface area contributed by atoms with Crippen molar-refractivity contribution in [3.05, 3.63) is 69.8 Å². The molecule has 0 bridgehead atoms. The van der Waals surface area contributed by atoms with E-state index in [1.807, 2.05) is 0 Å². The fourth-order valence-corrected chi connectivity index (χ4v) is 3.56. The Morgan fingerprint density at radius 1 is 1.20 bits per heavy atom. The highest BCUT2D eigenvalue weighted by Crippen LogP contribution is 2.44. The van der Waals surface area contributed by atoms with Crippen LogP contribution in [-0.2, 0) is 0 Å². The first kappa shape index (κ1) is 21.5. The maximum atomic E-state index is 13.9. The van der Waals surface area contributed by atoms with E-state index in [0.29, 0.717) is 0 Å². The van der Waals surface area contributed by atoms with Crippen LogP contribution in [0.2, 0.25) is 0 Å². The van der Waals surface area contributed by atoms with Crippen LogP contribution in [0.4, 0.5) is 18.9 Å². The molecule has 1 aliphatic rings. The first-order valence-corrected chi connectivity index (χ1v) is 8.81. The number of rotatable bonds is 4. The molecule has 2 aromatic rings. The average Bonchev–Trinajstić information content (AvgIpc) is 2.67. The van der Waals surface area contributed by atoms with Gasteiger partial charge in [-0.2, -0.15) is 13.2 Å². The van der Waals surface area contributed by atoms with Gasteiger partial charge in [0.2, 0.25) is 5.72 Å². The molecular weight excluding hydrogens is 427 g/mol. The van der Waals surface area contributed by atoms with Crippen molar-refractivity contribution in [3.63, 3.8) is 0 Å². The molecule has 1 heterocycles. The topological polar surface area (TPSA) is 125 Å². The molecule has 0 aromatic heterocycles. The van der Waals surface area contributed by atoms with E-state index in [0.717, 1.165) is 18.2 Å². The maximum Gasteiger partial charge on any atom is 0.437 e. The number of phenolic OH excluding ortho intramolecular Hbond substituents is 1. The van der Waals surface area contributed by atoms with E-state index in [4.69, 9.17) is 12.2 Å². The van der Waals surface area contributed by atoms with E-state index in [-0.39, 0.29) is 11.1 Å². The minimum Gasteiger partial charge on any atom is -0.502 e. The summed E-state index contributed by atoms with van der Waals surface area (Å²) in [5.41, 5.74) is -4.79. The number of benzene rings is 2. The molecule has 0 saturated carbocycles. The van der Waals surface area contributed by atoms with Crippen LogP contribution in [-0.4, -0.2) is 37.9 Å². The van der Waals surface area contributed by atoms with Crippen LogP contribution in [0.15, 0.2) is 48.5 Å². The summed E-state index contributed by atoms with van der Waals surface area (Å²) in [4.78, 5) is 23.3. The number of nitrogens with zero attached hydrogens (tertiary/aromatic N) is 1. The second-order valence-electron chi connectivity index (χ2n) is 6.55. The quantitative estimate of drug-likeness (QED) is 0.247. The van der Waals surface area contributed by atoms with E-state index >= 15 is 0 Å². The van der Waals surface area contributed by atoms with E-state index in [1.54, 1.807) is 11.4 Å². The van der Waals surface area contributed by atoms with Gasteiger partial charge in [0.1, 0.15) is 5.92 Å². The van der Waals surface area contributed by atoms with Gasteiger partial charge in [0, 0.05) is 11.6 Å². The molecule has 0 unspecified atom stereocenters. The molecule has 0 radical (unpaired) electrons. The molecule has 158 valence electrons. The zero-order chi connectivity index (χ0) is 22.3. The SMILES string of the molecule is O=C(c1ccccc1)[C@@H]1[C@H](c2ccc(O)c([N+](=O)[O-])c2)NC(=S)N[C@@]1(O)C(F)(F)F. The number of nitro benzene ring substituents is 1. The Morgan fingerprint density at radius 3 is 2.40 bits per heavy atom. The van der Waals surface area contributed by atoms with Crippen LogP contribution in [0.25, 0.3) is 0 Å². The van der Waals surface area contributed by atoms with Gasteiger partial charge in [0.15, 0.2) is 16.6 Å². The average molecular weight is 441 g/mol. The molecule has 30 heavy (non-hydrogen) atoms. The highest BCUT2D eigenvalue weighted by Gasteiger charge is 2.65. The zero-order valence-corrected chi connectivity index (χ0v) is 15.7. The molecule has 8 nitrogen and oxygen atoms in total. The van der Waals surface area contributed by atoms with Gasteiger partial charge in [-0.15, -0.1) is 0 Å². The van der Waals surface area contributed by atoms with E-state index < -0.39 is 51.1 Å². The molecule has 3 atom stereocenters. The molecule has 0 spiro atoms. The molecule has 12 heteroatoms. The lowest BCUT2D eigenvalue weighted by Crippen LogP contribution is -2.72. The second kappa shape index (κ2) is 7.54. The number of aromatic hydroxyl groups is 1. The van der Waals surface area contributed by atoms with Crippen molar-refractivity contribution in [1.29, 1.82) is 0 Å². The molecular formula is C18H14F3N3O5S. The van der Waals surface area contributed by atoms with Gasteiger partial charge in [-0.25, -0.2) is 0 Å². The largest absolute Gasteiger partial charge is 0.502 e. The van der Waals surface area contributed by atoms with Gasteiger partial charge in [0.25, 0.3) is 0 Å². The first-order valence-electron chi connectivity index (χ1n) is 8.40. The van der Waals surface area contributed by atoms with E-state index in [1.165, 1.54) is 24.3 Å². The number of alkyl halides is 3. The number of nitro groups is 1. The van der Waals surface area contributed by atoms with Crippen LogP contribution in [0.3, 0.4) is 0 Å². The Kier molecular flexibility index (Phi) is 5.39. The lowest BCUT2D eigenvalue weighted by Gasteiger charge is -2.46. The molecule has 1 fully saturated rings. The third-order valence-corrected chi connectivity index (χ3v) is 4.92. The predicted molar refractivity (Wildman–Crippen MR) is 102 cm³/mol. The molecule has 0 aliphatic carbocycles. The van der Waals surface area contributed by atoms with E-state index in [2.05, 4.69) is 5.32 Å². The lowest BCUT2D eigenvalue weighted by atomic mass is 9.77. The summed E-state index contributed by atoms with van der Waals surface area (Å²) in [5, 5.41) is 35.0. The number of hydrogen-bond acceptors (Lipinski definition) is 6. The van der Waals surface area contributed by atoms with Crippen LogP contribution in [0.5, 0.6) is 5.75 Å². The number of nitrogens with one attached hydrogen (secondary N) is 2. The smallest absolute Gasteiger partial charge is 0.437 e. The third kappa shape index (κ3) is 3.66. The summed E-state index contributed by atoms with van der Waals surface area (Å²) < 4.78 is 41.7. The number of thiocarbonyl (C=S) groups is 1. The highest BCUT2D eigenvalue weighted by molar-refractivity contribution is 7.80. The zero-order valence-electron chi connectivity index (χ0n) is 14.9. The van der Waals surface area contributed by atoms with Crippen LogP contribution < -0.4 is 10.6 Å². The van der Waals surface area contributed by atoms with Crippen molar-refractivity contribution >= 4 is 28.8 Å². The van der Waals surface area contributed by atoms with Crippen molar-refractivity contribution in [2.24, 2.45) is 5.92 Å². The number of hydrogen-bond donors (Lipinski definition) is 4. The number of Topliss-reactive ketones (excluding diaryl/α,β-unsaturated/α-hetero) is 1. The van der Waals surface area contributed by atoms with Gasteiger partial charge in [0.05, 0.1) is 11.0 Å². The minimum atomic E-state index is -5.32. The van der Waals surface area contributed by atoms with E-state index in [9.17, 15) is 38.3 Å². The van der Waals surface area contributed by atoms with Gasteiger partial charge in [-0.3, -0.25) is 14.9 Å². The molecule has 1 aliphatic heterocycles. The third-order valence-electron chi connectivity index (χ3n) is 4.70. The van der Waals surface area contributed by atoms with Gasteiger partial charge >= 0.3 is 11.9 Å². The Bertz CT molecular complexity index is 1020. The highest BCUT2D eigenvalue weighted by atomic mass is 32.1. The number of carbonyl (C=O) groups excluding carboxylic acids is 1. The van der Waals surface area contributed by atoms with Crippen LogP contribution >= 0.6 is 12.2 Å². The number of phenols is 1. The predicted octanol–water partition coefficient (Wildman–Crippen LogP) is 2.57. The Hall–Kier alpha value is -3.25. The summed E-state index contributed by atoms with van der Waals surface area (Å²) in [6.45, 7) is 0. The standard InChI is InChI=1S/C18H14F3N3O5S/c19-18(20,21)17(27)13(15(26)9-4-2-1-3-5-9)14(22-16(30)23-17)10-6-7-12(25)11(8-10)24(28)29/h1-8,13-14,25,27H,(H2,22,23,30)/t13-,14-,17-/m0/s1. The Labute approximate surface area is 172 Å². The molecule has 2 aromatic carbocycles. The van der Waals surface area contributed by atoms with Crippen molar-refractivity contribution in [3.8, 4) is 5.75 Å². The van der Waals surface area contributed by atoms with Crippen molar-refractivity contribution in [2.75, 3.05) is 0 Å². The Morgan fingerprint density at radius 2 is 1.83 bits per heavy atom. The number of aliphatic hydroxyl groups is 1. The fraction of sp³-hybridized carbons (Fsp3) is 0.222. The van der Waals surface area contributed by atoms with Crippen molar-refractivity contribution in [2.45, 2.75) is 17.9 Å². The van der Waals surface area contributed by atoms with Crippen LogP contribution in [0, 0.1) is 16.0 Å². The van der Waals surface area contributed by atoms with Gasteiger partial charge in [-0.05, 0) is 23.8 Å². The summed E-state index contributed by atoms with van der Waals surface area (Å²) in [7, 11) is 0. The molecule has 3 rings (SSSR count). The first-order chi connectivity index (χ1) is 14.0. The molecule has 0 amide bonds. The summed E-state index contributed by atoms with van der Waals surface area (Å²) >= 11 is 4.79. The lowest BCUT2D eigenvalue weighted by molar-refractivity contribution is -0.386. The second-order valence-corrected chi connectivity index (χ2v) is 6.96. The van der Waals surface area contributed by atoms with Gasteiger partial charge < -0.3 is 20.8 Å². The van der Waals surface area contributed by atoms with Crippen molar-refractivity contribution in [1.82, 2.24) is 10.6 Å². The normalized spacial score (nSPS) is 23.9. The summed E-state index contributed by atoms with van der Waals surface area (Å²) in [6.07, 6.45) is -5.32. The number of ketones is 1. The fourth-order valence-electron chi connectivity index (χ4n) is 3.28. The maximum absolute atomic E-state index is 13.9. The molecule has 4 N–H and O–H groups in total. The van der Waals surface area contributed by atoms with Crippen LogP contribution in [0.1, 0.15) is 22.0 Å². The van der Waals surface area contributed by atoms with Gasteiger partial charge in [-0.1, -0.05) is 36.4 Å². The number of carbonyl (C=O) groups is 1. The number of halogens is 3. The molecule has 1 saturated heterocycles.